The van der Waals surface area contributed by atoms with Crippen LogP contribution in [0.1, 0.15) is 60.0 Å². The molecule has 1 amide bonds. The van der Waals surface area contributed by atoms with E-state index in [1.165, 1.54) is 44.5 Å². The lowest BCUT2D eigenvalue weighted by atomic mass is 9.99. The molecule has 3 aliphatic rings. The molecule has 0 spiro atoms. The smallest absolute Gasteiger partial charge is 0.276 e. The Kier molecular flexibility index (Phi) is 5.52. The summed E-state index contributed by atoms with van der Waals surface area (Å²) < 4.78 is 20.9. The van der Waals surface area contributed by atoms with Gasteiger partial charge >= 0.3 is 0 Å². The highest BCUT2D eigenvalue weighted by molar-refractivity contribution is 5.93. The van der Waals surface area contributed by atoms with Gasteiger partial charge in [0.25, 0.3) is 5.91 Å². The van der Waals surface area contributed by atoms with Crippen molar-refractivity contribution in [3.63, 3.8) is 0 Å². The Morgan fingerprint density at radius 3 is 2.50 bits per heavy atom. The first-order valence-corrected chi connectivity index (χ1v) is 11.0. The molecule has 0 aliphatic carbocycles. The molecule has 1 unspecified atom stereocenters. The monoisotopic (exact) mass is 413 g/mol. The Morgan fingerprint density at radius 1 is 1.03 bits per heavy atom. The van der Waals surface area contributed by atoms with Crippen LogP contribution in [0, 0.1) is 5.82 Å². The van der Waals surface area contributed by atoms with E-state index < -0.39 is 0 Å². The summed E-state index contributed by atoms with van der Waals surface area (Å²) in [4.78, 5) is 17.6. The zero-order valence-corrected chi connectivity index (χ0v) is 17.2. The molecular weight excluding hydrogens is 385 g/mol. The molecule has 1 aromatic carbocycles. The molecule has 2 saturated heterocycles. The lowest BCUT2D eigenvalue weighted by Gasteiger charge is -2.40. The third kappa shape index (κ3) is 3.86. The van der Waals surface area contributed by atoms with Crippen LogP contribution in [0.15, 0.2) is 24.3 Å². The number of hydrogen-bond acceptors (Lipinski definition) is 5. The van der Waals surface area contributed by atoms with Crippen LogP contribution < -0.4 is 0 Å². The molecule has 7 nitrogen and oxygen atoms in total. The van der Waals surface area contributed by atoms with Crippen molar-refractivity contribution in [2.75, 3.05) is 26.2 Å². The summed E-state index contributed by atoms with van der Waals surface area (Å²) in [7, 11) is 0. The number of halogens is 1. The number of amides is 1. The van der Waals surface area contributed by atoms with Crippen LogP contribution in [-0.4, -0.2) is 62.9 Å². The molecule has 8 heteroatoms. The summed E-state index contributed by atoms with van der Waals surface area (Å²) in [5.74, 6) is -0.315. The molecule has 160 valence electrons. The fourth-order valence-electron chi connectivity index (χ4n) is 4.92. The number of nitrogens with zero attached hydrogens (tertiary/aromatic N) is 5. The average Bonchev–Trinajstić information content (AvgIpc) is 3.23. The van der Waals surface area contributed by atoms with Crippen molar-refractivity contribution in [2.24, 2.45) is 0 Å². The number of rotatable bonds is 3. The van der Waals surface area contributed by atoms with E-state index in [1.54, 1.807) is 16.8 Å². The lowest BCUT2D eigenvalue weighted by molar-refractivity contribution is -0.00208. The normalized spacial score (nSPS) is 23.4. The second-order valence-electron chi connectivity index (χ2n) is 8.54. The first-order chi connectivity index (χ1) is 14.7. The van der Waals surface area contributed by atoms with Gasteiger partial charge in [0.15, 0.2) is 5.69 Å². The highest BCUT2D eigenvalue weighted by atomic mass is 19.1. The number of benzene rings is 1. The molecule has 0 saturated carbocycles. The molecule has 1 atom stereocenters. The van der Waals surface area contributed by atoms with Crippen LogP contribution in [0.3, 0.4) is 0 Å². The van der Waals surface area contributed by atoms with Gasteiger partial charge in [-0.15, -0.1) is 5.10 Å². The first-order valence-electron chi connectivity index (χ1n) is 11.0. The first kappa shape index (κ1) is 19.6. The van der Waals surface area contributed by atoms with Crippen molar-refractivity contribution in [1.82, 2.24) is 24.8 Å². The van der Waals surface area contributed by atoms with E-state index in [-0.39, 0.29) is 24.4 Å². The zero-order chi connectivity index (χ0) is 20.5. The van der Waals surface area contributed by atoms with Gasteiger partial charge in [0.05, 0.1) is 18.8 Å². The molecule has 0 bridgehead atoms. The van der Waals surface area contributed by atoms with Crippen molar-refractivity contribution < 1.29 is 13.9 Å². The summed E-state index contributed by atoms with van der Waals surface area (Å²) >= 11 is 0. The number of aromatic nitrogens is 3. The highest BCUT2D eigenvalue weighted by Crippen LogP contribution is 2.28. The number of hydrogen-bond donors (Lipinski definition) is 0. The molecule has 0 radical (unpaired) electrons. The summed E-state index contributed by atoms with van der Waals surface area (Å²) in [6.45, 7) is 4.68. The van der Waals surface area contributed by atoms with E-state index in [1.807, 2.05) is 4.90 Å². The van der Waals surface area contributed by atoms with E-state index in [4.69, 9.17) is 4.74 Å². The van der Waals surface area contributed by atoms with Gasteiger partial charge in [0.1, 0.15) is 11.9 Å². The predicted octanol–water partition coefficient (Wildman–Crippen LogP) is 2.78. The maximum absolute atomic E-state index is 13.2. The summed E-state index contributed by atoms with van der Waals surface area (Å²) in [5.41, 5.74) is 2.03. The van der Waals surface area contributed by atoms with Gasteiger partial charge in [-0.2, -0.15) is 0 Å². The Bertz CT molecular complexity index is 885. The minimum Gasteiger partial charge on any atom is -0.365 e. The quantitative estimate of drug-likeness (QED) is 0.774. The summed E-state index contributed by atoms with van der Waals surface area (Å²) in [5, 5.41) is 8.41. The Balaban J connectivity index is 1.22. The highest BCUT2D eigenvalue weighted by Gasteiger charge is 2.33. The van der Waals surface area contributed by atoms with Crippen LogP contribution >= 0.6 is 0 Å². The predicted molar refractivity (Wildman–Crippen MR) is 108 cm³/mol. The van der Waals surface area contributed by atoms with Gasteiger partial charge in [-0.1, -0.05) is 23.8 Å². The topological polar surface area (TPSA) is 63.5 Å². The van der Waals surface area contributed by atoms with Gasteiger partial charge < -0.3 is 14.5 Å². The molecule has 30 heavy (non-hydrogen) atoms. The number of fused-ring (bicyclic) bond motifs is 1. The van der Waals surface area contributed by atoms with E-state index in [2.05, 4.69) is 15.2 Å². The molecule has 5 rings (SSSR count). The maximum atomic E-state index is 13.2. The van der Waals surface area contributed by atoms with Crippen molar-refractivity contribution in [3.05, 3.63) is 47.0 Å². The second kappa shape index (κ2) is 8.43. The van der Waals surface area contributed by atoms with Crippen molar-refractivity contribution in [3.8, 4) is 0 Å². The standard InChI is InChI=1S/C22H28FN5O2/c23-17-6-4-16(5-7-17)20-14-28-19(15-30-20)21(24-25-28)22(29)27-12-8-18(9-13-27)26-10-2-1-3-11-26/h4-7,18,20H,1-3,8-15H2. The maximum Gasteiger partial charge on any atom is 0.276 e. The van der Waals surface area contributed by atoms with Crippen LogP contribution in [-0.2, 0) is 17.9 Å². The fourth-order valence-corrected chi connectivity index (χ4v) is 4.92. The van der Waals surface area contributed by atoms with Crippen LogP contribution in [0.25, 0.3) is 0 Å². The van der Waals surface area contributed by atoms with E-state index >= 15 is 0 Å². The van der Waals surface area contributed by atoms with Crippen LogP contribution in [0.4, 0.5) is 4.39 Å². The molecule has 0 N–H and O–H groups in total. The SMILES string of the molecule is O=C(c1nnn2c1COC(c1ccc(F)cc1)C2)N1CCC(N2CCCCC2)CC1. The second-order valence-corrected chi connectivity index (χ2v) is 8.54. The van der Waals surface area contributed by atoms with E-state index in [9.17, 15) is 9.18 Å². The average molecular weight is 413 g/mol. The Hall–Kier alpha value is -2.32. The van der Waals surface area contributed by atoms with Gasteiger partial charge in [-0.05, 0) is 56.5 Å². The molecule has 2 aromatic rings. The molecule has 2 fully saturated rings. The molecule has 3 aliphatic heterocycles. The minimum absolute atomic E-state index is 0.0443. The summed E-state index contributed by atoms with van der Waals surface area (Å²) in [6, 6.07) is 6.90. The Morgan fingerprint density at radius 2 is 1.77 bits per heavy atom. The number of carbonyl (C=O) groups is 1. The van der Waals surface area contributed by atoms with Crippen LogP contribution in [0.5, 0.6) is 0 Å². The lowest BCUT2D eigenvalue weighted by Crippen LogP contribution is -2.48. The molecule has 1 aromatic heterocycles. The van der Waals surface area contributed by atoms with Gasteiger partial charge in [0, 0.05) is 19.1 Å². The summed E-state index contributed by atoms with van der Waals surface area (Å²) in [6.07, 6.45) is 5.77. The number of likely N-dealkylation sites (tertiary alicyclic amines) is 2. The zero-order valence-electron chi connectivity index (χ0n) is 17.2. The van der Waals surface area contributed by atoms with Crippen LogP contribution in [0.2, 0.25) is 0 Å². The number of ether oxygens (including phenoxy) is 1. The molecular formula is C22H28FN5O2. The van der Waals surface area contributed by atoms with Gasteiger partial charge in [-0.3, -0.25) is 4.79 Å². The van der Waals surface area contributed by atoms with Crippen molar-refractivity contribution in [2.45, 2.75) is 57.4 Å². The number of piperidine rings is 2. The van der Waals surface area contributed by atoms with Crippen molar-refractivity contribution >= 4 is 5.91 Å². The number of carbonyl (C=O) groups excluding carboxylic acids is 1. The van der Waals surface area contributed by atoms with Gasteiger partial charge in [-0.25, -0.2) is 9.07 Å². The third-order valence-electron chi connectivity index (χ3n) is 6.70. The van der Waals surface area contributed by atoms with Gasteiger partial charge in [0.2, 0.25) is 0 Å². The van der Waals surface area contributed by atoms with Crippen molar-refractivity contribution in [1.29, 1.82) is 0 Å². The molecule has 4 heterocycles. The minimum atomic E-state index is -0.270. The Labute approximate surface area is 175 Å². The van der Waals surface area contributed by atoms with E-state index in [0.717, 1.165) is 37.2 Å². The largest absolute Gasteiger partial charge is 0.365 e. The third-order valence-corrected chi connectivity index (χ3v) is 6.70. The van der Waals surface area contributed by atoms with E-state index in [0.29, 0.717) is 18.3 Å². The fraction of sp³-hybridized carbons (Fsp3) is 0.591.